The van der Waals surface area contributed by atoms with Crippen LogP contribution in [0.1, 0.15) is 29.8 Å². The van der Waals surface area contributed by atoms with Crippen LogP contribution in [0.5, 0.6) is 5.75 Å². The van der Waals surface area contributed by atoms with E-state index in [-0.39, 0.29) is 23.0 Å². The largest absolute Gasteiger partial charge is 0.497 e. The summed E-state index contributed by atoms with van der Waals surface area (Å²) in [5.41, 5.74) is 1.37. The number of sulfonamides is 1. The highest BCUT2D eigenvalue weighted by atomic mass is 32.2. The predicted molar refractivity (Wildman–Crippen MR) is 127 cm³/mol. The first kappa shape index (κ1) is 23.2. The molecule has 4 rings (SSSR count). The third-order valence-electron chi connectivity index (χ3n) is 5.71. The van der Waals surface area contributed by atoms with E-state index in [1.807, 2.05) is 50.2 Å². The Morgan fingerprint density at radius 1 is 1.00 bits per heavy atom. The Morgan fingerprint density at radius 2 is 1.64 bits per heavy atom. The van der Waals surface area contributed by atoms with Crippen molar-refractivity contribution in [3.8, 4) is 5.75 Å². The summed E-state index contributed by atoms with van der Waals surface area (Å²) in [6.07, 6.45) is -0.323. The van der Waals surface area contributed by atoms with E-state index < -0.39 is 10.0 Å². The molecule has 3 aromatic rings. The number of carbonyl (C=O) groups excluding carboxylic acids is 1. The molecule has 0 bridgehead atoms. The number of nitrogens with zero attached hydrogens (tertiary/aromatic N) is 1. The van der Waals surface area contributed by atoms with Crippen molar-refractivity contribution in [3.63, 3.8) is 0 Å². The first-order valence-electron chi connectivity index (χ1n) is 10.9. The first-order chi connectivity index (χ1) is 15.8. The van der Waals surface area contributed by atoms with Gasteiger partial charge in [-0.15, -0.1) is 0 Å². The van der Waals surface area contributed by atoms with E-state index in [1.54, 1.807) is 19.2 Å². The van der Waals surface area contributed by atoms with Crippen LogP contribution in [0.4, 0.5) is 0 Å². The van der Waals surface area contributed by atoms with Crippen molar-refractivity contribution in [2.75, 3.05) is 20.2 Å². The Balaban J connectivity index is 1.41. The van der Waals surface area contributed by atoms with Gasteiger partial charge in [0.15, 0.2) is 0 Å². The Bertz CT molecular complexity index is 1250. The van der Waals surface area contributed by atoms with Crippen molar-refractivity contribution in [3.05, 3.63) is 71.8 Å². The fourth-order valence-corrected chi connectivity index (χ4v) is 5.64. The highest BCUT2D eigenvalue weighted by molar-refractivity contribution is 7.89. The lowest BCUT2D eigenvalue weighted by Crippen LogP contribution is -2.48. The molecule has 2 atom stereocenters. The van der Waals surface area contributed by atoms with Crippen LogP contribution in [0.25, 0.3) is 10.8 Å². The second-order valence-electron chi connectivity index (χ2n) is 8.33. The first-order valence-corrected chi connectivity index (χ1v) is 12.3. The number of methoxy groups -OCH3 is 1. The van der Waals surface area contributed by atoms with Crippen molar-refractivity contribution < 1.29 is 22.7 Å². The topological polar surface area (TPSA) is 84.9 Å². The maximum Gasteiger partial charge on any atom is 0.251 e. The minimum Gasteiger partial charge on any atom is -0.497 e. The smallest absolute Gasteiger partial charge is 0.251 e. The zero-order valence-electron chi connectivity index (χ0n) is 18.9. The van der Waals surface area contributed by atoms with Crippen LogP contribution in [0.15, 0.2) is 65.6 Å². The van der Waals surface area contributed by atoms with Crippen molar-refractivity contribution in [1.29, 1.82) is 0 Å². The molecule has 2 unspecified atom stereocenters. The Morgan fingerprint density at radius 3 is 2.30 bits per heavy atom. The maximum atomic E-state index is 13.0. The van der Waals surface area contributed by atoms with E-state index in [0.717, 1.165) is 22.1 Å². The molecule has 1 aliphatic heterocycles. The van der Waals surface area contributed by atoms with Gasteiger partial charge in [0.1, 0.15) is 5.75 Å². The van der Waals surface area contributed by atoms with Crippen LogP contribution in [-0.2, 0) is 21.3 Å². The lowest BCUT2D eigenvalue weighted by molar-refractivity contribution is -0.0440. The van der Waals surface area contributed by atoms with Gasteiger partial charge in [-0.25, -0.2) is 8.42 Å². The number of morpholine rings is 1. The second kappa shape index (κ2) is 9.51. The van der Waals surface area contributed by atoms with Gasteiger partial charge in [-0.3, -0.25) is 4.79 Å². The van der Waals surface area contributed by atoms with Gasteiger partial charge >= 0.3 is 0 Å². The molecule has 1 heterocycles. The predicted octanol–water partition coefficient (Wildman–Crippen LogP) is 3.58. The van der Waals surface area contributed by atoms with Crippen molar-refractivity contribution >= 4 is 26.7 Å². The van der Waals surface area contributed by atoms with Crippen LogP contribution in [0.2, 0.25) is 0 Å². The van der Waals surface area contributed by atoms with Gasteiger partial charge in [-0.2, -0.15) is 4.31 Å². The highest BCUT2D eigenvalue weighted by Gasteiger charge is 2.32. The SMILES string of the molecule is COc1ccc2cc(CNC(=O)c3ccc(S(=O)(=O)N4CC(C)OC(C)C4)cc3)ccc2c1. The summed E-state index contributed by atoms with van der Waals surface area (Å²) < 4.78 is 38.3. The average molecular weight is 469 g/mol. The van der Waals surface area contributed by atoms with Crippen molar-refractivity contribution in [2.24, 2.45) is 0 Å². The molecule has 0 aliphatic carbocycles. The molecule has 0 radical (unpaired) electrons. The third-order valence-corrected chi connectivity index (χ3v) is 7.55. The highest BCUT2D eigenvalue weighted by Crippen LogP contribution is 2.23. The van der Waals surface area contributed by atoms with E-state index in [4.69, 9.17) is 9.47 Å². The number of fused-ring (bicyclic) bond motifs is 1. The minimum absolute atomic E-state index is 0.161. The summed E-state index contributed by atoms with van der Waals surface area (Å²) in [5, 5.41) is 5.02. The third kappa shape index (κ3) is 5.19. The molecule has 7 nitrogen and oxygen atoms in total. The van der Waals surface area contributed by atoms with E-state index in [9.17, 15) is 13.2 Å². The Kier molecular flexibility index (Phi) is 6.69. The van der Waals surface area contributed by atoms with Gasteiger partial charge in [-0.05, 0) is 72.6 Å². The molecule has 1 amide bonds. The summed E-state index contributed by atoms with van der Waals surface area (Å²) in [7, 11) is -2.00. The van der Waals surface area contributed by atoms with Crippen LogP contribution in [-0.4, -0.2) is 51.0 Å². The molecule has 1 saturated heterocycles. The van der Waals surface area contributed by atoms with E-state index in [0.29, 0.717) is 25.2 Å². The molecule has 8 heteroatoms. The van der Waals surface area contributed by atoms with Gasteiger partial charge in [0.25, 0.3) is 5.91 Å². The van der Waals surface area contributed by atoms with Gasteiger partial charge < -0.3 is 14.8 Å². The molecule has 0 spiro atoms. The number of rotatable bonds is 6. The summed E-state index contributed by atoms with van der Waals surface area (Å²) in [4.78, 5) is 12.8. The molecule has 1 fully saturated rings. The molecule has 1 N–H and O–H groups in total. The number of nitrogens with one attached hydrogen (secondary N) is 1. The molecule has 0 saturated carbocycles. The minimum atomic E-state index is -3.64. The lowest BCUT2D eigenvalue weighted by Gasteiger charge is -2.34. The number of benzene rings is 3. The van der Waals surface area contributed by atoms with Crippen LogP contribution >= 0.6 is 0 Å². The fourth-order valence-electron chi connectivity index (χ4n) is 4.05. The van der Waals surface area contributed by atoms with Crippen LogP contribution < -0.4 is 10.1 Å². The molecule has 0 aromatic heterocycles. The Hall–Kier alpha value is -2.94. The average Bonchev–Trinajstić information content (AvgIpc) is 2.81. The van der Waals surface area contributed by atoms with E-state index >= 15 is 0 Å². The molecule has 33 heavy (non-hydrogen) atoms. The molecule has 3 aromatic carbocycles. The number of amides is 1. The van der Waals surface area contributed by atoms with Gasteiger partial charge in [0.2, 0.25) is 10.0 Å². The fraction of sp³-hybridized carbons (Fsp3) is 0.320. The van der Waals surface area contributed by atoms with Crippen LogP contribution in [0.3, 0.4) is 0 Å². The molecule has 174 valence electrons. The quantitative estimate of drug-likeness (QED) is 0.598. The molecular formula is C25H28N2O5S. The summed E-state index contributed by atoms with van der Waals surface area (Å²) in [6.45, 7) is 4.71. The van der Waals surface area contributed by atoms with Gasteiger partial charge in [0.05, 0.1) is 24.2 Å². The van der Waals surface area contributed by atoms with Crippen molar-refractivity contribution in [2.45, 2.75) is 37.5 Å². The maximum absolute atomic E-state index is 13.0. The number of ether oxygens (including phenoxy) is 2. The zero-order chi connectivity index (χ0) is 23.6. The monoisotopic (exact) mass is 468 g/mol. The standard InChI is InChI=1S/C25H28N2O5S/c1-17-15-27(16-18(2)32-17)33(29,30)24-10-7-20(8-11-24)25(28)26-14-19-4-5-22-13-23(31-3)9-6-21(22)12-19/h4-13,17-18H,14-16H2,1-3H3,(H,26,28). The zero-order valence-corrected chi connectivity index (χ0v) is 19.8. The second-order valence-corrected chi connectivity index (χ2v) is 10.3. The summed E-state index contributed by atoms with van der Waals surface area (Å²) >= 11 is 0. The van der Waals surface area contributed by atoms with Gasteiger partial charge in [-0.1, -0.05) is 18.2 Å². The van der Waals surface area contributed by atoms with Crippen LogP contribution in [0, 0.1) is 0 Å². The van der Waals surface area contributed by atoms with Crippen molar-refractivity contribution in [1.82, 2.24) is 9.62 Å². The molecular weight excluding hydrogens is 440 g/mol. The summed E-state index contributed by atoms with van der Waals surface area (Å²) in [5.74, 6) is 0.536. The van der Waals surface area contributed by atoms with E-state index in [1.165, 1.54) is 16.4 Å². The number of carbonyl (C=O) groups is 1. The Labute approximate surface area is 194 Å². The lowest BCUT2D eigenvalue weighted by atomic mass is 10.1. The number of hydrogen-bond acceptors (Lipinski definition) is 5. The normalized spacial score (nSPS) is 19.4. The summed E-state index contributed by atoms with van der Waals surface area (Å²) in [6, 6.07) is 17.9. The number of hydrogen-bond donors (Lipinski definition) is 1. The van der Waals surface area contributed by atoms with E-state index in [2.05, 4.69) is 5.32 Å². The van der Waals surface area contributed by atoms with Gasteiger partial charge in [0, 0.05) is 25.2 Å². The molecule has 1 aliphatic rings.